The molecular weight excluding hydrogens is 561 g/mol. The van der Waals surface area contributed by atoms with Crippen LogP contribution in [0.4, 0.5) is 50.0 Å². The number of halogens is 9. The van der Waals surface area contributed by atoms with Gasteiger partial charge in [-0.15, -0.1) is 0 Å². The van der Waals surface area contributed by atoms with Crippen molar-refractivity contribution in [1.29, 1.82) is 0 Å². The van der Waals surface area contributed by atoms with Crippen molar-refractivity contribution in [2.75, 3.05) is 18.6 Å². The maximum absolute atomic E-state index is 13.7. The van der Waals surface area contributed by atoms with E-state index in [1.165, 1.54) is 6.92 Å². The summed E-state index contributed by atoms with van der Waals surface area (Å²) in [4.78, 5) is 26.9. The summed E-state index contributed by atoms with van der Waals surface area (Å²) in [5.74, 6) is -4.54. The van der Waals surface area contributed by atoms with Gasteiger partial charge in [-0.05, 0) is 67.3 Å². The molecule has 14 heteroatoms. The first kappa shape index (κ1) is 31.1. The molecule has 5 nitrogen and oxygen atoms in total. The number of methoxy groups -OCH3 is 1. The Labute approximate surface area is 222 Å². The molecule has 1 aliphatic rings. The number of anilines is 1. The van der Waals surface area contributed by atoms with Gasteiger partial charge >= 0.3 is 30.6 Å². The standard InChI is InChI=1S/C26H24F9NO4/c1-4-17-12-19(18-11-14(24(27,28)29)6-7-20(18)36(17)23(38)40-5-2)21(22(37)39-3)13-8-15(25(30,31)32)10-16(9-13)26(33,34)35/h6-11,17,19,21H,4-5,12H2,1-3H3/t17?,19?,21-/m0/s1. The zero-order chi connectivity index (χ0) is 30.2. The lowest BCUT2D eigenvalue weighted by Crippen LogP contribution is -2.46. The first-order valence-corrected chi connectivity index (χ1v) is 12.0. The first-order chi connectivity index (χ1) is 18.4. The van der Waals surface area contributed by atoms with Crippen LogP contribution in [0.3, 0.4) is 0 Å². The predicted octanol–water partition coefficient (Wildman–Crippen LogP) is 7.93. The highest BCUT2D eigenvalue weighted by Crippen LogP contribution is 2.50. The Morgan fingerprint density at radius 3 is 1.88 bits per heavy atom. The van der Waals surface area contributed by atoms with Gasteiger partial charge in [0.25, 0.3) is 0 Å². The molecule has 2 aromatic carbocycles. The first-order valence-electron chi connectivity index (χ1n) is 12.0. The summed E-state index contributed by atoms with van der Waals surface area (Å²) in [7, 11) is 0.853. The molecule has 40 heavy (non-hydrogen) atoms. The molecule has 1 amide bonds. The Bertz CT molecular complexity index is 1220. The number of ether oxygens (including phenoxy) is 2. The van der Waals surface area contributed by atoms with Gasteiger partial charge in [-0.3, -0.25) is 9.69 Å². The topological polar surface area (TPSA) is 55.8 Å². The fraction of sp³-hybridized carbons (Fsp3) is 0.462. The molecule has 0 spiro atoms. The fourth-order valence-electron chi connectivity index (χ4n) is 4.89. The number of carbonyl (C=O) groups is 2. The molecule has 220 valence electrons. The Morgan fingerprint density at radius 1 is 0.875 bits per heavy atom. The molecule has 3 rings (SSSR count). The normalized spacial score (nSPS) is 18.6. The quantitative estimate of drug-likeness (QED) is 0.264. The van der Waals surface area contributed by atoms with E-state index in [-0.39, 0.29) is 36.8 Å². The molecule has 0 bridgehead atoms. The number of nitrogens with zero attached hydrogens (tertiary/aromatic N) is 1. The van der Waals surface area contributed by atoms with E-state index in [9.17, 15) is 49.1 Å². The summed E-state index contributed by atoms with van der Waals surface area (Å²) in [5, 5.41) is 0. The van der Waals surface area contributed by atoms with Gasteiger partial charge in [0.1, 0.15) is 0 Å². The number of carbonyl (C=O) groups excluding carboxylic acids is 2. The largest absolute Gasteiger partial charge is 0.469 e. The molecule has 0 aliphatic carbocycles. The number of hydrogen-bond donors (Lipinski definition) is 0. The van der Waals surface area contributed by atoms with Crippen LogP contribution in [0, 0.1) is 0 Å². The van der Waals surface area contributed by atoms with Crippen LogP contribution in [-0.4, -0.2) is 31.8 Å². The van der Waals surface area contributed by atoms with Crippen LogP contribution < -0.4 is 4.90 Å². The minimum atomic E-state index is -5.24. The summed E-state index contributed by atoms with van der Waals surface area (Å²) in [6, 6.07) is 2.03. The maximum Gasteiger partial charge on any atom is 0.416 e. The van der Waals surface area contributed by atoms with Crippen molar-refractivity contribution in [2.24, 2.45) is 0 Å². The second-order valence-corrected chi connectivity index (χ2v) is 9.08. The van der Waals surface area contributed by atoms with Gasteiger partial charge in [-0.25, -0.2) is 4.79 Å². The molecule has 0 saturated carbocycles. The van der Waals surface area contributed by atoms with Gasteiger partial charge in [0.05, 0.1) is 42.0 Å². The van der Waals surface area contributed by atoms with Gasteiger partial charge in [0.2, 0.25) is 0 Å². The van der Waals surface area contributed by atoms with E-state index in [1.54, 1.807) is 6.92 Å². The van der Waals surface area contributed by atoms with E-state index >= 15 is 0 Å². The average molecular weight is 585 g/mol. The number of amides is 1. The van der Waals surface area contributed by atoms with Crippen molar-refractivity contribution >= 4 is 17.7 Å². The lowest BCUT2D eigenvalue weighted by atomic mass is 9.73. The second kappa shape index (κ2) is 11.2. The maximum atomic E-state index is 13.7. The van der Waals surface area contributed by atoms with Crippen LogP contribution in [0.25, 0.3) is 0 Å². The highest BCUT2D eigenvalue weighted by molar-refractivity contribution is 5.91. The van der Waals surface area contributed by atoms with Gasteiger partial charge in [0, 0.05) is 12.0 Å². The van der Waals surface area contributed by atoms with E-state index in [0.717, 1.165) is 18.1 Å². The van der Waals surface area contributed by atoms with Crippen LogP contribution in [-0.2, 0) is 32.8 Å². The third-order valence-electron chi connectivity index (χ3n) is 6.67. The number of fused-ring (bicyclic) bond motifs is 1. The van der Waals surface area contributed by atoms with Crippen molar-refractivity contribution in [3.8, 4) is 0 Å². The van der Waals surface area contributed by atoms with E-state index in [0.29, 0.717) is 24.3 Å². The zero-order valence-corrected chi connectivity index (χ0v) is 21.3. The highest BCUT2D eigenvalue weighted by atomic mass is 19.4. The van der Waals surface area contributed by atoms with E-state index in [1.807, 2.05) is 0 Å². The second-order valence-electron chi connectivity index (χ2n) is 9.08. The van der Waals surface area contributed by atoms with Crippen LogP contribution in [0.1, 0.15) is 66.3 Å². The van der Waals surface area contributed by atoms with Gasteiger partial charge in [0.15, 0.2) is 0 Å². The number of esters is 1. The van der Waals surface area contributed by atoms with Gasteiger partial charge < -0.3 is 9.47 Å². The highest BCUT2D eigenvalue weighted by Gasteiger charge is 2.46. The van der Waals surface area contributed by atoms with Crippen LogP contribution >= 0.6 is 0 Å². The number of rotatable bonds is 5. The molecule has 0 fully saturated rings. The summed E-state index contributed by atoms with van der Waals surface area (Å²) in [5.41, 5.74) is -5.75. The van der Waals surface area contributed by atoms with Crippen molar-refractivity contribution < 1.29 is 58.6 Å². The Morgan fingerprint density at radius 2 is 1.43 bits per heavy atom. The Kier molecular flexibility index (Phi) is 8.70. The Balaban J connectivity index is 2.36. The summed E-state index contributed by atoms with van der Waals surface area (Å²) < 4.78 is 132. The minimum Gasteiger partial charge on any atom is -0.469 e. The van der Waals surface area contributed by atoms with Gasteiger partial charge in [-0.1, -0.05) is 6.92 Å². The molecule has 0 aromatic heterocycles. The van der Waals surface area contributed by atoms with Crippen LogP contribution in [0.2, 0.25) is 0 Å². The third kappa shape index (κ3) is 6.30. The molecule has 1 heterocycles. The third-order valence-corrected chi connectivity index (χ3v) is 6.67. The molecular formula is C26H24F9NO4. The van der Waals surface area contributed by atoms with E-state index in [4.69, 9.17) is 9.47 Å². The predicted molar refractivity (Wildman–Crippen MR) is 124 cm³/mol. The van der Waals surface area contributed by atoms with Crippen molar-refractivity contribution in [3.05, 3.63) is 64.2 Å². The Hall–Kier alpha value is -3.45. The zero-order valence-electron chi connectivity index (χ0n) is 21.3. The lowest BCUT2D eigenvalue weighted by molar-refractivity contribution is -0.146. The number of hydrogen-bond acceptors (Lipinski definition) is 4. The molecule has 0 radical (unpaired) electrons. The molecule has 3 atom stereocenters. The lowest BCUT2D eigenvalue weighted by Gasteiger charge is -2.42. The monoisotopic (exact) mass is 585 g/mol. The van der Waals surface area contributed by atoms with E-state index in [2.05, 4.69) is 0 Å². The van der Waals surface area contributed by atoms with Crippen LogP contribution in [0.15, 0.2) is 36.4 Å². The molecule has 1 aliphatic heterocycles. The number of benzene rings is 2. The summed E-state index contributed by atoms with van der Waals surface area (Å²) in [6.07, 6.45) is -16.4. The van der Waals surface area contributed by atoms with Crippen molar-refractivity contribution in [1.82, 2.24) is 0 Å². The minimum absolute atomic E-state index is 0.0829. The van der Waals surface area contributed by atoms with E-state index < -0.39 is 70.7 Å². The molecule has 2 unspecified atom stereocenters. The molecule has 0 N–H and O–H groups in total. The fourth-order valence-corrected chi connectivity index (χ4v) is 4.89. The summed E-state index contributed by atoms with van der Waals surface area (Å²) in [6.45, 7) is 3.03. The molecule has 0 saturated heterocycles. The average Bonchev–Trinajstić information content (AvgIpc) is 2.86. The van der Waals surface area contributed by atoms with Crippen LogP contribution in [0.5, 0.6) is 0 Å². The SMILES string of the molecule is CCOC(=O)N1c2ccc(C(F)(F)F)cc2C([C@@H](C(=O)OC)c2cc(C(F)(F)F)cc(C(F)(F)F)c2)CC1CC. The van der Waals surface area contributed by atoms with Crippen molar-refractivity contribution in [2.45, 2.75) is 63.1 Å². The number of alkyl halides is 9. The molecule has 2 aromatic rings. The summed E-state index contributed by atoms with van der Waals surface area (Å²) >= 11 is 0. The smallest absolute Gasteiger partial charge is 0.416 e. The van der Waals surface area contributed by atoms with Crippen molar-refractivity contribution in [3.63, 3.8) is 0 Å². The van der Waals surface area contributed by atoms with Gasteiger partial charge in [-0.2, -0.15) is 39.5 Å².